The van der Waals surface area contributed by atoms with E-state index < -0.39 is 0 Å². The molecule has 1 aliphatic carbocycles. The van der Waals surface area contributed by atoms with Crippen LogP contribution < -0.4 is 4.74 Å². The van der Waals surface area contributed by atoms with Crippen LogP contribution in [0.1, 0.15) is 289 Å². The summed E-state index contributed by atoms with van der Waals surface area (Å²) in [5, 5.41) is 11.6. The van der Waals surface area contributed by atoms with E-state index in [4.69, 9.17) is 13.5 Å². The normalized spacial score (nSPS) is 13.4. The predicted octanol–water partition coefficient (Wildman–Crippen LogP) is 29.5. The van der Waals surface area contributed by atoms with Crippen LogP contribution in [0.5, 0.6) is 5.75 Å². The minimum absolute atomic E-state index is 0.165. The standard InChI is InChI=1S/C90H117N3OS2/c1-8-14-20-26-29-35-43-66(42-34-25-19-13-6)63-94-69-54-52-68(53-55-69)76-60-78-83-80-71(44-38-46-73(76)80)72-45-39-47-75-81(72)84(83)88(93(78)62-65(40-32-23-17-11-4)41-33-24-18-12-5)85-82(75)89-77(90(85,58-36-30-27-21-15-9-2)59-37-31-28-22-16-10-3)61-79(95-89)74-57-56-70(86-87(74)92-96-91-86)67-50-48-64(7)49-51-67/h38-39,44-57,60-61,65-66H,8-37,40-43,58-59,62-63H2,1-7H3. The molecule has 3 heterocycles. The van der Waals surface area contributed by atoms with Crippen LogP contribution in [0.4, 0.5) is 0 Å². The number of hydrogen-bond acceptors (Lipinski definition) is 5. The summed E-state index contributed by atoms with van der Waals surface area (Å²) < 4.78 is 20.2. The van der Waals surface area contributed by atoms with Gasteiger partial charge in [-0.05, 0) is 131 Å². The highest BCUT2D eigenvalue weighted by molar-refractivity contribution is 7.19. The molecule has 0 saturated heterocycles. The number of aromatic nitrogens is 3. The Morgan fingerprint density at radius 1 is 0.438 bits per heavy atom. The van der Waals surface area contributed by atoms with Crippen molar-refractivity contribution < 1.29 is 4.74 Å². The second-order valence-corrected chi connectivity index (χ2v) is 31.6. The molecule has 11 aromatic rings. The fourth-order valence-corrected chi connectivity index (χ4v) is 19.5. The third kappa shape index (κ3) is 15.2. The van der Waals surface area contributed by atoms with E-state index in [1.807, 2.05) is 0 Å². The number of nitrogens with zero attached hydrogens (tertiary/aromatic N) is 3. The van der Waals surface area contributed by atoms with Gasteiger partial charge in [-0.2, -0.15) is 8.75 Å². The highest BCUT2D eigenvalue weighted by atomic mass is 32.1. The van der Waals surface area contributed by atoms with E-state index in [-0.39, 0.29) is 5.41 Å². The molecular formula is C90H117N3OS2. The van der Waals surface area contributed by atoms with E-state index in [2.05, 4.69) is 174 Å². The molecule has 0 fully saturated rings. The quantitative estimate of drug-likeness (QED) is 0.0217. The summed E-state index contributed by atoms with van der Waals surface area (Å²) in [7, 11) is 0. The lowest BCUT2D eigenvalue weighted by molar-refractivity contribution is 0.224. The fraction of sp³-hybridized carbons (Fsp3) is 0.533. The van der Waals surface area contributed by atoms with E-state index in [9.17, 15) is 0 Å². The molecule has 0 spiro atoms. The Morgan fingerprint density at radius 2 is 0.906 bits per heavy atom. The SMILES string of the molecule is CCCCCCCCC(CCCCCC)COc1ccc(-c2cc3c4c5c2cccc5c2cccc5c6c(c(c4c52)n3CC(CCCCCC)CCCCCC)C(CCCCCCCC)(CCCCCCCC)c2cc(-c3ccc(-c4ccc(C)cc4)c4nsnc34)sc2-6)cc1. The number of unbranched alkanes of at least 4 members (excludes halogenated alkanes) is 24. The van der Waals surface area contributed by atoms with Gasteiger partial charge in [-0.3, -0.25) is 0 Å². The van der Waals surface area contributed by atoms with Crippen molar-refractivity contribution in [1.82, 2.24) is 13.3 Å². The van der Waals surface area contributed by atoms with Crippen LogP contribution >= 0.6 is 23.1 Å². The summed E-state index contributed by atoms with van der Waals surface area (Å²) in [4.78, 5) is 2.86. The first-order valence-corrected chi connectivity index (χ1v) is 41.1. The summed E-state index contributed by atoms with van der Waals surface area (Å²) in [5.41, 5.74) is 17.3. The minimum Gasteiger partial charge on any atom is -0.493 e. The molecule has 0 bridgehead atoms. The first-order chi connectivity index (χ1) is 47.4. The number of rotatable bonds is 44. The van der Waals surface area contributed by atoms with Gasteiger partial charge in [-0.15, -0.1) is 11.3 Å². The van der Waals surface area contributed by atoms with Gasteiger partial charge in [0.05, 0.1) is 29.4 Å². The van der Waals surface area contributed by atoms with Crippen LogP contribution in [0.25, 0.3) is 108 Å². The highest BCUT2D eigenvalue weighted by Gasteiger charge is 2.48. The molecule has 0 radical (unpaired) electrons. The molecular weight excluding hydrogens is 1200 g/mol. The molecule has 4 nitrogen and oxygen atoms in total. The van der Waals surface area contributed by atoms with E-state index in [0.29, 0.717) is 11.8 Å². The molecule has 6 heteroatoms. The van der Waals surface area contributed by atoms with Gasteiger partial charge in [-0.25, -0.2) is 0 Å². The van der Waals surface area contributed by atoms with Gasteiger partial charge < -0.3 is 9.30 Å². The topological polar surface area (TPSA) is 39.9 Å². The Kier molecular flexibility index (Phi) is 25.0. The Balaban J connectivity index is 1.07. The Bertz CT molecular complexity index is 4150. The molecule has 510 valence electrons. The van der Waals surface area contributed by atoms with Crippen molar-refractivity contribution >= 4 is 88.2 Å². The van der Waals surface area contributed by atoms with Crippen LogP contribution in [-0.2, 0) is 12.0 Å². The van der Waals surface area contributed by atoms with Crippen molar-refractivity contribution in [3.63, 3.8) is 0 Å². The molecule has 0 N–H and O–H groups in total. The minimum atomic E-state index is -0.165. The summed E-state index contributed by atoms with van der Waals surface area (Å²) in [6, 6.07) is 43.4. The summed E-state index contributed by atoms with van der Waals surface area (Å²) in [5.74, 6) is 2.21. The van der Waals surface area contributed by atoms with Crippen molar-refractivity contribution in [2.45, 2.75) is 292 Å². The smallest absolute Gasteiger partial charge is 0.119 e. The predicted molar refractivity (Wildman–Crippen MR) is 423 cm³/mol. The van der Waals surface area contributed by atoms with Crippen LogP contribution in [0.15, 0.2) is 109 Å². The van der Waals surface area contributed by atoms with Crippen LogP contribution in [-0.4, -0.2) is 19.9 Å². The molecule has 3 aromatic heterocycles. The summed E-state index contributed by atoms with van der Waals surface area (Å²) in [6.07, 6.45) is 46.9. The van der Waals surface area contributed by atoms with E-state index in [1.54, 1.807) is 27.6 Å². The average Bonchev–Trinajstić information content (AvgIpc) is 1.48. The molecule has 12 rings (SSSR count). The van der Waals surface area contributed by atoms with Crippen molar-refractivity contribution in [3.05, 3.63) is 126 Å². The van der Waals surface area contributed by atoms with Crippen LogP contribution in [0.2, 0.25) is 0 Å². The Hall–Kier alpha value is -5.82. The molecule has 1 unspecified atom stereocenters. The number of hydrogen-bond donors (Lipinski definition) is 0. The van der Waals surface area contributed by atoms with Crippen molar-refractivity contribution in [2.24, 2.45) is 11.8 Å². The number of aryl methyl sites for hydroxylation is 1. The van der Waals surface area contributed by atoms with Crippen molar-refractivity contribution in [2.75, 3.05) is 6.61 Å². The monoisotopic (exact) mass is 1320 g/mol. The van der Waals surface area contributed by atoms with E-state index in [0.717, 1.165) is 29.9 Å². The maximum absolute atomic E-state index is 6.88. The number of fused-ring (bicyclic) bond motifs is 7. The molecule has 1 atom stereocenters. The van der Waals surface area contributed by atoms with Gasteiger partial charge in [0.2, 0.25) is 0 Å². The van der Waals surface area contributed by atoms with E-state index in [1.165, 1.54) is 329 Å². The zero-order chi connectivity index (χ0) is 66.2. The molecule has 0 saturated carbocycles. The number of ether oxygens (including phenoxy) is 1. The fourth-order valence-electron chi connectivity index (χ4n) is 17.6. The Morgan fingerprint density at radius 3 is 1.49 bits per heavy atom. The van der Waals surface area contributed by atoms with Crippen molar-refractivity contribution in [1.29, 1.82) is 0 Å². The largest absolute Gasteiger partial charge is 0.493 e. The van der Waals surface area contributed by atoms with Gasteiger partial charge in [0.25, 0.3) is 0 Å². The highest BCUT2D eigenvalue weighted by Crippen LogP contribution is 2.65. The second-order valence-electron chi connectivity index (χ2n) is 30.0. The van der Waals surface area contributed by atoms with Gasteiger partial charge in [0.15, 0.2) is 0 Å². The Labute approximate surface area is 587 Å². The molecule has 8 aromatic carbocycles. The zero-order valence-corrected chi connectivity index (χ0v) is 62.1. The number of thiophene rings is 1. The van der Waals surface area contributed by atoms with Crippen LogP contribution in [0, 0.1) is 18.8 Å². The summed E-state index contributed by atoms with van der Waals surface area (Å²) in [6.45, 7) is 18.2. The first-order valence-electron chi connectivity index (χ1n) is 39.6. The van der Waals surface area contributed by atoms with Gasteiger partial charge >= 0.3 is 0 Å². The van der Waals surface area contributed by atoms with Crippen LogP contribution in [0.3, 0.4) is 0 Å². The van der Waals surface area contributed by atoms with Gasteiger partial charge in [0, 0.05) is 59.9 Å². The van der Waals surface area contributed by atoms with Gasteiger partial charge in [-0.1, -0.05) is 325 Å². The molecule has 0 aliphatic heterocycles. The number of benzene rings is 8. The molecule has 1 aliphatic rings. The third-order valence-corrected chi connectivity index (χ3v) is 24.6. The first kappa shape index (κ1) is 70.1. The van der Waals surface area contributed by atoms with Gasteiger partial charge in [0.1, 0.15) is 16.8 Å². The summed E-state index contributed by atoms with van der Waals surface area (Å²) >= 11 is 3.44. The molecule has 96 heavy (non-hydrogen) atoms. The maximum atomic E-state index is 6.88. The maximum Gasteiger partial charge on any atom is 0.119 e. The lowest BCUT2D eigenvalue weighted by Gasteiger charge is -2.34. The van der Waals surface area contributed by atoms with E-state index >= 15 is 0 Å². The lowest BCUT2D eigenvalue weighted by Crippen LogP contribution is -2.26. The van der Waals surface area contributed by atoms with Crippen molar-refractivity contribution in [3.8, 4) is 48.9 Å². The second kappa shape index (κ2) is 34.3. The molecule has 0 amide bonds. The lowest BCUT2D eigenvalue weighted by atomic mass is 9.69. The average molecular weight is 1320 g/mol. The zero-order valence-electron chi connectivity index (χ0n) is 60.5. The third-order valence-electron chi connectivity index (χ3n) is 22.9.